The van der Waals surface area contributed by atoms with Crippen LogP contribution in [0.4, 0.5) is 5.69 Å². The molecule has 0 radical (unpaired) electrons. The van der Waals surface area contributed by atoms with E-state index in [1.807, 2.05) is 61.5 Å². The quantitative estimate of drug-likeness (QED) is 0.564. The number of rotatable bonds is 6. The molecule has 1 unspecified atom stereocenters. The van der Waals surface area contributed by atoms with Gasteiger partial charge in [-0.1, -0.05) is 28.1 Å². The number of nitrogens with zero attached hydrogens (tertiary/aromatic N) is 1. The third-order valence-corrected chi connectivity index (χ3v) is 4.08. The molecule has 0 bridgehead atoms. The Hall–Kier alpha value is -2.78. The van der Waals surface area contributed by atoms with Crippen LogP contribution in [0.3, 0.4) is 0 Å². The second-order valence-electron chi connectivity index (χ2n) is 5.29. The van der Waals surface area contributed by atoms with Crippen LogP contribution in [0.25, 0.3) is 0 Å². The normalized spacial score (nSPS) is 12.0. The zero-order valence-electron chi connectivity index (χ0n) is 13.9. The van der Waals surface area contributed by atoms with Crippen molar-refractivity contribution in [3.05, 3.63) is 70.3 Å². The van der Waals surface area contributed by atoms with Crippen molar-refractivity contribution < 1.29 is 9.53 Å². The van der Waals surface area contributed by atoms with E-state index in [0.29, 0.717) is 0 Å². The minimum Gasteiger partial charge on any atom is -0.497 e. The van der Waals surface area contributed by atoms with E-state index in [1.165, 1.54) is 6.20 Å². The molecule has 1 atom stereocenters. The van der Waals surface area contributed by atoms with Crippen LogP contribution in [0, 0.1) is 11.3 Å². The van der Waals surface area contributed by atoms with Crippen molar-refractivity contribution in [2.45, 2.75) is 13.0 Å². The van der Waals surface area contributed by atoms with Gasteiger partial charge < -0.3 is 15.4 Å². The first-order valence-corrected chi connectivity index (χ1v) is 8.40. The Kier molecular flexibility index (Phi) is 6.61. The smallest absolute Gasteiger partial charge is 0.263 e. The number of anilines is 1. The molecule has 5 nitrogen and oxygen atoms in total. The first kappa shape index (κ1) is 18.6. The molecular formula is C19H18BrN3O2. The number of hydrogen-bond acceptors (Lipinski definition) is 4. The standard InChI is InChI=1S/C19H18BrN3O2/c1-13(14-3-9-18(25-2)10-4-14)23-19(24)15(11-21)12-22-17-7-5-16(20)6-8-17/h3-10,12-13,22H,1-2H3,(H,23,24)/b15-12-. The lowest BCUT2D eigenvalue weighted by Crippen LogP contribution is -2.28. The Morgan fingerprint density at radius 2 is 1.84 bits per heavy atom. The van der Waals surface area contributed by atoms with Gasteiger partial charge in [0.1, 0.15) is 17.4 Å². The number of carbonyl (C=O) groups excluding carboxylic acids is 1. The lowest BCUT2D eigenvalue weighted by molar-refractivity contribution is -0.117. The molecule has 2 rings (SSSR count). The highest BCUT2D eigenvalue weighted by atomic mass is 79.9. The predicted molar refractivity (Wildman–Crippen MR) is 101 cm³/mol. The lowest BCUT2D eigenvalue weighted by Gasteiger charge is -2.14. The van der Waals surface area contributed by atoms with Crippen molar-refractivity contribution in [2.75, 3.05) is 12.4 Å². The Labute approximate surface area is 155 Å². The number of hydrogen-bond donors (Lipinski definition) is 2. The van der Waals surface area contributed by atoms with Crippen molar-refractivity contribution in [3.63, 3.8) is 0 Å². The van der Waals surface area contributed by atoms with E-state index in [-0.39, 0.29) is 11.6 Å². The molecule has 0 fully saturated rings. The molecule has 25 heavy (non-hydrogen) atoms. The van der Waals surface area contributed by atoms with Gasteiger partial charge in [0, 0.05) is 16.4 Å². The molecule has 0 aromatic heterocycles. The molecule has 6 heteroatoms. The molecule has 0 saturated heterocycles. The third-order valence-electron chi connectivity index (χ3n) is 3.56. The van der Waals surface area contributed by atoms with E-state index in [4.69, 9.17) is 4.74 Å². The van der Waals surface area contributed by atoms with Gasteiger partial charge >= 0.3 is 0 Å². The minimum atomic E-state index is -0.435. The number of benzene rings is 2. The molecule has 1 amide bonds. The fraction of sp³-hybridized carbons (Fsp3) is 0.158. The fourth-order valence-electron chi connectivity index (χ4n) is 2.10. The van der Waals surface area contributed by atoms with Gasteiger partial charge in [0.05, 0.1) is 13.2 Å². The number of methoxy groups -OCH3 is 1. The molecule has 2 aromatic carbocycles. The monoisotopic (exact) mass is 399 g/mol. The lowest BCUT2D eigenvalue weighted by atomic mass is 10.1. The van der Waals surface area contributed by atoms with Crippen LogP contribution in [0.2, 0.25) is 0 Å². The zero-order chi connectivity index (χ0) is 18.2. The van der Waals surface area contributed by atoms with Gasteiger partial charge in [-0.25, -0.2) is 0 Å². The highest BCUT2D eigenvalue weighted by Gasteiger charge is 2.13. The topological polar surface area (TPSA) is 74.1 Å². The number of carbonyl (C=O) groups is 1. The van der Waals surface area contributed by atoms with Gasteiger partial charge in [-0.05, 0) is 48.9 Å². The Bertz CT molecular complexity index is 793. The second kappa shape index (κ2) is 8.90. The molecule has 0 spiro atoms. The molecule has 0 heterocycles. The molecule has 0 saturated carbocycles. The SMILES string of the molecule is COc1ccc(C(C)NC(=O)/C(C#N)=C\Nc2ccc(Br)cc2)cc1. The van der Waals surface area contributed by atoms with Gasteiger partial charge in [0.2, 0.25) is 0 Å². The zero-order valence-corrected chi connectivity index (χ0v) is 15.5. The molecule has 0 aliphatic heterocycles. The van der Waals surface area contributed by atoms with Gasteiger partial charge in [-0.2, -0.15) is 5.26 Å². The first-order valence-electron chi connectivity index (χ1n) is 7.60. The van der Waals surface area contributed by atoms with Crippen LogP contribution in [0.1, 0.15) is 18.5 Å². The number of amides is 1. The maximum atomic E-state index is 12.3. The second-order valence-corrected chi connectivity index (χ2v) is 6.21. The summed E-state index contributed by atoms with van der Waals surface area (Å²) in [6.07, 6.45) is 1.40. The van der Waals surface area contributed by atoms with Crippen molar-refractivity contribution >= 4 is 27.5 Å². The number of halogens is 1. The van der Waals surface area contributed by atoms with Crippen molar-refractivity contribution in [2.24, 2.45) is 0 Å². The Balaban J connectivity index is 2.01. The minimum absolute atomic E-state index is 0.00304. The summed E-state index contributed by atoms with van der Waals surface area (Å²) in [7, 11) is 1.60. The molecule has 0 aliphatic rings. The Morgan fingerprint density at radius 3 is 2.40 bits per heavy atom. The third kappa shape index (κ3) is 5.37. The average Bonchev–Trinajstić information content (AvgIpc) is 2.63. The van der Waals surface area contributed by atoms with Crippen LogP contribution in [-0.2, 0) is 4.79 Å². The largest absolute Gasteiger partial charge is 0.497 e. The van der Waals surface area contributed by atoms with E-state index in [0.717, 1.165) is 21.5 Å². The summed E-state index contributed by atoms with van der Waals surface area (Å²) in [5.74, 6) is 0.314. The average molecular weight is 400 g/mol. The summed E-state index contributed by atoms with van der Waals surface area (Å²) in [4.78, 5) is 12.3. The van der Waals surface area contributed by atoms with E-state index in [1.54, 1.807) is 7.11 Å². The van der Waals surface area contributed by atoms with Gasteiger partial charge in [0.15, 0.2) is 0 Å². The molecule has 2 N–H and O–H groups in total. The summed E-state index contributed by atoms with van der Waals surface area (Å²) in [6.45, 7) is 1.86. The van der Waals surface area contributed by atoms with E-state index in [2.05, 4.69) is 26.6 Å². The van der Waals surface area contributed by atoms with E-state index in [9.17, 15) is 10.1 Å². The number of nitriles is 1. The van der Waals surface area contributed by atoms with Gasteiger partial charge in [-0.3, -0.25) is 4.79 Å². The van der Waals surface area contributed by atoms with E-state index < -0.39 is 5.91 Å². The Morgan fingerprint density at radius 1 is 1.20 bits per heavy atom. The first-order chi connectivity index (χ1) is 12.0. The predicted octanol–water partition coefficient (Wildman–Crippen LogP) is 4.15. The maximum absolute atomic E-state index is 12.3. The summed E-state index contributed by atoms with van der Waals surface area (Å²) < 4.78 is 6.07. The number of nitrogens with one attached hydrogen (secondary N) is 2. The van der Waals surface area contributed by atoms with E-state index >= 15 is 0 Å². The highest BCUT2D eigenvalue weighted by molar-refractivity contribution is 9.10. The molecule has 0 aliphatic carbocycles. The van der Waals surface area contributed by atoms with Gasteiger partial charge in [0.25, 0.3) is 5.91 Å². The molecular weight excluding hydrogens is 382 g/mol. The highest BCUT2D eigenvalue weighted by Crippen LogP contribution is 2.18. The van der Waals surface area contributed by atoms with Crippen molar-refractivity contribution in [3.8, 4) is 11.8 Å². The van der Waals surface area contributed by atoms with Gasteiger partial charge in [-0.15, -0.1) is 0 Å². The molecule has 128 valence electrons. The van der Waals surface area contributed by atoms with Crippen molar-refractivity contribution in [1.29, 1.82) is 5.26 Å². The molecule has 2 aromatic rings. The van der Waals surface area contributed by atoms with Crippen LogP contribution >= 0.6 is 15.9 Å². The van der Waals surface area contributed by atoms with Crippen LogP contribution in [0.5, 0.6) is 5.75 Å². The summed E-state index contributed by atoms with van der Waals surface area (Å²) in [5.41, 5.74) is 1.71. The van der Waals surface area contributed by atoms with Crippen LogP contribution < -0.4 is 15.4 Å². The summed E-state index contributed by atoms with van der Waals surface area (Å²) in [5, 5.41) is 15.0. The maximum Gasteiger partial charge on any atom is 0.263 e. The fourth-order valence-corrected chi connectivity index (χ4v) is 2.36. The van der Waals surface area contributed by atoms with Crippen molar-refractivity contribution in [1.82, 2.24) is 5.32 Å². The van der Waals surface area contributed by atoms with Crippen LogP contribution in [0.15, 0.2) is 64.8 Å². The van der Waals surface area contributed by atoms with Crippen LogP contribution in [-0.4, -0.2) is 13.0 Å². The summed E-state index contributed by atoms with van der Waals surface area (Å²) in [6, 6.07) is 16.5. The number of ether oxygens (including phenoxy) is 1. The summed E-state index contributed by atoms with van der Waals surface area (Å²) >= 11 is 3.35.